The zero-order valence-electron chi connectivity index (χ0n) is 12.9. The van der Waals surface area contributed by atoms with Gasteiger partial charge in [-0.2, -0.15) is 0 Å². The van der Waals surface area contributed by atoms with Crippen molar-refractivity contribution in [3.05, 3.63) is 35.7 Å². The van der Waals surface area contributed by atoms with E-state index in [1.807, 2.05) is 12.1 Å². The third kappa shape index (κ3) is 3.12. The van der Waals surface area contributed by atoms with E-state index < -0.39 is 0 Å². The Balaban J connectivity index is 2.34. The van der Waals surface area contributed by atoms with Crippen molar-refractivity contribution in [2.24, 2.45) is 0 Å². The molecule has 5 nitrogen and oxygen atoms in total. The fraction of sp³-hybridized carbons (Fsp3) is 0.438. The van der Waals surface area contributed by atoms with Gasteiger partial charge in [-0.1, -0.05) is 18.6 Å². The lowest BCUT2D eigenvalue weighted by molar-refractivity contribution is 0.111. The summed E-state index contributed by atoms with van der Waals surface area (Å²) >= 11 is 0. The Bertz CT molecular complexity index is 585. The van der Waals surface area contributed by atoms with Crippen LogP contribution < -0.4 is 4.90 Å². The molecule has 112 valence electrons. The number of nitrogens with zero attached hydrogens (tertiary/aromatic N) is 4. The summed E-state index contributed by atoms with van der Waals surface area (Å²) in [5, 5.41) is 8.07. The maximum atomic E-state index is 11.0. The van der Waals surface area contributed by atoms with Crippen LogP contribution in [0.5, 0.6) is 0 Å². The highest BCUT2D eigenvalue weighted by molar-refractivity contribution is 5.73. The highest BCUT2D eigenvalue weighted by atomic mass is 16.1. The molecule has 2 rings (SSSR count). The molecule has 5 heteroatoms. The maximum Gasteiger partial charge on any atom is 0.172 e. The van der Waals surface area contributed by atoms with Crippen molar-refractivity contribution in [3.8, 4) is 5.69 Å². The number of rotatable bonds is 7. The van der Waals surface area contributed by atoms with Crippen molar-refractivity contribution >= 4 is 12.0 Å². The Labute approximate surface area is 125 Å². The molecule has 0 amide bonds. The first-order valence-electron chi connectivity index (χ1n) is 7.50. The van der Waals surface area contributed by atoms with Gasteiger partial charge in [-0.25, -0.2) is 4.68 Å². The van der Waals surface area contributed by atoms with E-state index in [1.165, 1.54) is 5.69 Å². The van der Waals surface area contributed by atoms with Crippen LogP contribution in [0, 0.1) is 0 Å². The van der Waals surface area contributed by atoms with Crippen LogP contribution in [0.2, 0.25) is 0 Å². The highest BCUT2D eigenvalue weighted by Crippen LogP contribution is 2.19. The molecule has 0 fully saturated rings. The smallest absolute Gasteiger partial charge is 0.172 e. The molecular weight excluding hydrogens is 264 g/mol. The minimum absolute atomic E-state index is 0.435. The van der Waals surface area contributed by atoms with Crippen LogP contribution in [0.15, 0.2) is 24.3 Å². The number of anilines is 1. The second-order valence-corrected chi connectivity index (χ2v) is 4.89. The number of carbonyl (C=O) groups excluding carboxylic acids is 1. The summed E-state index contributed by atoms with van der Waals surface area (Å²) < 4.78 is 1.76. The first kappa shape index (κ1) is 15.2. The van der Waals surface area contributed by atoms with E-state index >= 15 is 0 Å². The molecule has 1 aromatic carbocycles. The monoisotopic (exact) mass is 286 g/mol. The van der Waals surface area contributed by atoms with Gasteiger partial charge in [0.05, 0.1) is 11.4 Å². The van der Waals surface area contributed by atoms with Gasteiger partial charge < -0.3 is 4.90 Å². The summed E-state index contributed by atoms with van der Waals surface area (Å²) in [6.45, 7) is 8.33. The van der Waals surface area contributed by atoms with Gasteiger partial charge in [-0.05, 0) is 44.5 Å². The first-order valence-corrected chi connectivity index (χ1v) is 7.50. The average Bonchev–Trinajstić information content (AvgIpc) is 2.92. The van der Waals surface area contributed by atoms with Crippen LogP contribution >= 0.6 is 0 Å². The zero-order chi connectivity index (χ0) is 15.2. The summed E-state index contributed by atoms with van der Waals surface area (Å²) in [5.41, 5.74) is 3.44. The maximum absolute atomic E-state index is 11.0. The third-order valence-corrected chi connectivity index (χ3v) is 3.61. The molecule has 0 aliphatic heterocycles. The van der Waals surface area contributed by atoms with Gasteiger partial charge >= 0.3 is 0 Å². The number of aromatic nitrogens is 3. The molecule has 1 heterocycles. The van der Waals surface area contributed by atoms with Gasteiger partial charge in [0, 0.05) is 18.8 Å². The molecule has 0 unspecified atom stereocenters. The predicted octanol–water partition coefficient (Wildman–Crippen LogP) is 2.88. The van der Waals surface area contributed by atoms with Crippen LogP contribution in [0.1, 0.15) is 43.4 Å². The van der Waals surface area contributed by atoms with Crippen molar-refractivity contribution in [1.29, 1.82) is 0 Å². The Hall–Kier alpha value is -2.17. The molecule has 2 aromatic rings. The van der Waals surface area contributed by atoms with Crippen LogP contribution in [-0.2, 0) is 6.42 Å². The van der Waals surface area contributed by atoms with Gasteiger partial charge in [0.2, 0.25) is 0 Å². The topological polar surface area (TPSA) is 51.0 Å². The molecule has 0 aliphatic rings. The molecule has 0 N–H and O–H groups in total. The Morgan fingerprint density at radius 2 is 1.81 bits per heavy atom. The number of benzene rings is 1. The molecule has 0 radical (unpaired) electrons. The third-order valence-electron chi connectivity index (χ3n) is 3.61. The van der Waals surface area contributed by atoms with E-state index in [4.69, 9.17) is 0 Å². The number of hydrogen-bond acceptors (Lipinski definition) is 4. The second kappa shape index (κ2) is 7.02. The lowest BCUT2D eigenvalue weighted by atomic mass is 10.2. The van der Waals surface area contributed by atoms with Crippen LogP contribution in [0.4, 0.5) is 5.69 Å². The zero-order valence-corrected chi connectivity index (χ0v) is 12.9. The van der Waals surface area contributed by atoms with Gasteiger partial charge in [0.25, 0.3) is 0 Å². The summed E-state index contributed by atoms with van der Waals surface area (Å²) in [6.07, 6.45) is 2.52. The number of hydrogen-bond donors (Lipinski definition) is 0. The van der Waals surface area contributed by atoms with Gasteiger partial charge in [0.1, 0.15) is 5.69 Å². The molecule has 21 heavy (non-hydrogen) atoms. The summed E-state index contributed by atoms with van der Waals surface area (Å²) in [7, 11) is 0. The lowest BCUT2D eigenvalue weighted by Crippen LogP contribution is -2.21. The Morgan fingerprint density at radius 3 is 2.33 bits per heavy atom. The summed E-state index contributed by atoms with van der Waals surface area (Å²) in [5.74, 6) is 0. The van der Waals surface area contributed by atoms with E-state index in [0.717, 1.165) is 43.6 Å². The highest BCUT2D eigenvalue weighted by Gasteiger charge is 2.13. The average molecular weight is 286 g/mol. The summed E-state index contributed by atoms with van der Waals surface area (Å²) in [4.78, 5) is 13.3. The first-order chi connectivity index (χ1) is 10.2. The number of carbonyl (C=O) groups is 1. The van der Waals surface area contributed by atoms with E-state index in [9.17, 15) is 4.79 Å². The predicted molar refractivity (Wildman–Crippen MR) is 84.3 cm³/mol. The standard InChI is InChI=1S/C16H22N4O/c1-4-7-16-15(12-21)17-18-20(16)14-10-8-13(9-11-14)19(5-2)6-3/h8-12H,4-7H2,1-3H3. The van der Waals surface area contributed by atoms with Gasteiger partial charge in [-0.3, -0.25) is 4.79 Å². The molecule has 0 saturated carbocycles. The van der Waals surface area contributed by atoms with Crippen molar-refractivity contribution in [1.82, 2.24) is 15.0 Å². The fourth-order valence-electron chi connectivity index (χ4n) is 2.48. The van der Waals surface area contributed by atoms with Gasteiger partial charge in [-0.15, -0.1) is 5.10 Å². The van der Waals surface area contributed by atoms with Crippen molar-refractivity contribution in [2.75, 3.05) is 18.0 Å². The molecular formula is C16H22N4O. The van der Waals surface area contributed by atoms with Crippen molar-refractivity contribution in [3.63, 3.8) is 0 Å². The molecule has 0 spiro atoms. The minimum atomic E-state index is 0.435. The molecule has 0 bridgehead atoms. The SMILES string of the molecule is CCCc1c(C=O)nnn1-c1ccc(N(CC)CC)cc1. The minimum Gasteiger partial charge on any atom is -0.372 e. The largest absolute Gasteiger partial charge is 0.372 e. The lowest BCUT2D eigenvalue weighted by Gasteiger charge is -2.21. The van der Waals surface area contributed by atoms with Crippen LogP contribution in [0.3, 0.4) is 0 Å². The van der Waals surface area contributed by atoms with E-state index in [0.29, 0.717) is 5.69 Å². The second-order valence-electron chi connectivity index (χ2n) is 4.89. The molecule has 1 aromatic heterocycles. The summed E-state index contributed by atoms with van der Waals surface area (Å²) in [6, 6.07) is 8.22. The van der Waals surface area contributed by atoms with Gasteiger partial charge in [0.15, 0.2) is 6.29 Å². The number of aldehydes is 1. The normalized spacial score (nSPS) is 10.6. The Kier molecular flexibility index (Phi) is 5.09. The fourth-order valence-corrected chi connectivity index (χ4v) is 2.48. The van der Waals surface area contributed by atoms with Crippen molar-refractivity contribution in [2.45, 2.75) is 33.6 Å². The Morgan fingerprint density at radius 1 is 1.14 bits per heavy atom. The molecule has 0 saturated heterocycles. The quantitative estimate of drug-likeness (QED) is 0.734. The van der Waals surface area contributed by atoms with Crippen LogP contribution in [0.25, 0.3) is 5.69 Å². The van der Waals surface area contributed by atoms with E-state index in [2.05, 4.69) is 48.1 Å². The van der Waals surface area contributed by atoms with Crippen molar-refractivity contribution < 1.29 is 4.79 Å². The molecule has 0 aliphatic carbocycles. The van der Waals surface area contributed by atoms with E-state index in [-0.39, 0.29) is 0 Å². The van der Waals surface area contributed by atoms with E-state index in [1.54, 1.807) is 4.68 Å². The molecule has 0 atom stereocenters. The van der Waals surface area contributed by atoms with Crippen LogP contribution in [-0.4, -0.2) is 34.4 Å².